The smallest absolute Gasteiger partial charge is 0.258 e. The van der Waals surface area contributed by atoms with E-state index in [0.717, 1.165) is 37.3 Å². The summed E-state index contributed by atoms with van der Waals surface area (Å²) in [6.45, 7) is 4.69. The van der Waals surface area contributed by atoms with Gasteiger partial charge in [-0.1, -0.05) is 12.1 Å². The van der Waals surface area contributed by atoms with E-state index in [1.807, 2.05) is 18.2 Å². The molecular weight excluding hydrogens is 359 g/mol. The van der Waals surface area contributed by atoms with Gasteiger partial charge in [-0.05, 0) is 30.3 Å². The molecule has 0 atom stereocenters. The van der Waals surface area contributed by atoms with Gasteiger partial charge in [-0.3, -0.25) is 14.6 Å². The Kier molecular flexibility index (Phi) is 5.36. The third-order valence-corrected chi connectivity index (χ3v) is 5.14. The maximum Gasteiger partial charge on any atom is 0.258 e. The molecule has 1 fully saturated rings. The van der Waals surface area contributed by atoms with Crippen LogP contribution in [0.1, 0.15) is 11.4 Å². The molecule has 0 saturated carbocycles. The lowest BCUT2D eigenvalue weighted by molar-refractivity contribution is 0.119. The van der Waals surface area contributed by atoms with Crippen LogP contribution < -0.4 is 10.3 Å². The number of aromatic amines is 1. The topological polar surface area (TPSA) is 61.5 Å². The zero-order valence-electron chi connectivity index (χ0n) is 15.8. The minimum absolute atomic E-state index is 0.0996. The molecule has 28 heavy (non-hydrogen) atoms. The largest absolute Gasteiger partial charge is 0.496 e. The minimum Gasteiger partial charge on any atom is -0.496 e. The first-order valence-corrected chi connectivity index (χ1v) is 9.37. The van der Waals surface area contributed by atoms with Crippen molar-refractivity contribution in [1.82, 2.24) is 19.8 Å². The summed E-state index contributed by atoms with van der Waals surface area (Å²) in [7, 11) is 1.60. The fourth-order valence-electron chi connectivity index (χ4n) is 3.64. The Labute approximate surface area is 162 Å². The Balaban J connectivity index is 1.38. The lowest BCUT2D eigenvalue weighted by Gasteiger charge is -2.34. The van der Waals surface area contributed by atoms with Crippen molar-refractivity contribution >= 4 is 10.9 Å². The molecule has 0 radical (unpaired) electrons. The number of methoxy groups -OCH3 is 1. The molecule has 1 N–H and O–H groups in total. The highest BCUT2D eigenvalue weighted by molar-refractivity contribution is 5.77. The Hall–Kier alpha value is -2.77. The fourth-order valence-corrected chi connectivity index (χ4v) is 3.64. The molecule has 1 aliphatic heterocycles. The van der Waals surface area contributed by atoms with Crippen LogP contribution in [0.15, 0.2) is 47.3 Å². The van der Waals surface area contributed by atoms with E-state index in [-0.39, 0.29) is 11.4 Å². The molecule has 0 unspecified atom stereocenters. The van der Waals surface area contributed by atoms with Crippen LogP contribution in [0.2, 0.25) is 0 Å². The third-order valence-electron chi connectivity index (χ3n) is 5.14. The number of hydrogen-bond donors (Lipinski definition) is 1. The zero-order valence-corrected chi connectivity index (χ0v) is 15.8. The van der Waals surface area contributed by atoms with Crippen molar-refractivity contribution in [2.24, 2.45) is 0 Å². The van der Waals surface area contributed by atoms with Gasteiger partial charge in [-0.2, -0.15) is 0 Å². The first-order chi connectivity index (χ1) is 13.6. The Morgan fingerprint density at radius 3 is 2.54 bits per heavy atom. The number of H-pyrrole nitrogens is 1. The predicted molar refractivity (Wildman–Crippen MR) is 106 cm³/mol. The number of nitrogens with one attached hydrogen (secondary N) is 1. The normalized spacial score (nSPS) is 15.8. The monoisotopic (exact) mass is 382 g/mol. The second-order valence-electron chi connectivity index (χ2n) is 7.04. The van der Waals surface area contributed by atoms with Crippen molar-refractivity contribution in [1.29, 1.82) is 0 Å². The van der Waals surface area contributed by atoms with E-state index < -0.39 is 0 Å². The number of piperazine rings is 1. The van der Waals surface area contributed by atoms with E-state index in [1.165, 1.54) is 12.1 Å². The van der Waals surface area contributed by atoms with Gasteiger partial charge in [0.05, 0.1) is 24.6 Å². The van der Waals surface area contributed by atoms with Crippen molar-refractivity contribution in [2.45, 2.75) is 13.1 Å². The minimum atomic E-state index is -0.249. The molecule has 1 aliphatic rings. The first kappa shape index (κ1) is 18.6. The third kappa shape index (κ3) is 4.05. The Morgan fingerprint density at radius 1 is 1.07 bits per heavy atom. The second-order valence-corrected chi connectivity index (χ2v) is 7.04. The van der Waals surface area contributed by atoms with Crippen LogP contribution in [0.4, 0.5) is 4.39 Å². The average molecular weight is 382 g/mol. The van der Waals surface area contributed by atoms with Crippen molar-refractivity contribution in [3.63, 3.8) is 0 Å². The van der Waals surface area contributed by atoms with Crippen LogP contribution in [0.25, 0.3) is 10.9 Å². The molecule has 0 aliphatic carbocycles. The molecule has 7 heteroatoms. The Bertz CT molecular complexity index is 1030. The lowest BCUT2D eigenvalue weighted by Crippen LogP contribution is -2.45. The van der Waals surface area contributed by atoms with E-state index in [4.69, 9.17) is 4.74 Å². The van der Waals surface area contributed by atoms with Crippen LogP contribution in [0.5, 0.6) is 5.75 Å². The van der Waals surface area contributed by atoms with Crippen LogP contribution in [0, 0.1) is 5.82 Å². The SMILES string of the molecule is COc1ccc(F)cc1CN1CCN(Cc2nc3ccccc3c(=O)[nH]2)CC1. The van der Waals surface area contributed by atoms with Gasteiger partial charge >= 0.3 is 0 Å². The molecule has 2 heterocycles. The van der Waals surface area contributed by atoms with Gasteiger partial charge in [0.2, 0.25) is 0 Å². The number of hydrogen-bond acceptors (Lipinski definition) is 5. The zero-order chi connectivity index (χ0) is 19.5. The summed E-state index contributed by atoms with van der Waals surface area (Å²) in [6.07, 6.45) is 0. The van der Waals surface area contributed by atoms with Crippen molar-refractivity contribution < 1.29 is 9.13 Å². The van der Waals surface area contributed by atoms with E-state index in [2.05, 4.69) is 19.8 Å². The molecule has 0 amide bonds. The number of ether oxygens (including phenoxy) is 1. The van der Waals surface area contributed by atoms with Gasteiger partial charge in [-0.25, -0.2) is 9.37 Å². The van der Waals surface area contributed by atoms with Gasteiger partial charge < -0.3 is 9.72 Å². The number of halogens is 1. The summed E-state index contributed by atoms with van der Waals surface area (Å²) in [4.78, 5) is 24.2. The highest BCUT2D eigenvalue weighted by atomic mass is 19.1. The van der Waals surface area contributed by atoms with Gasteiger partial charge in [0.15, 0.2) is 0 Å². The summed E-state index contributed by atoms with van der Waals surface area (Å²) in [6, 6.07) is 12.0. The average Bonchev–Trinajstić information content (AvgIpc) is 2.70. The first-order valence-electron chi connectivity index (χ1n) is 9.37. The highest BCUT2D eigenvalue weighted by Gasteiger charge is 2.19. The van der Waals surface area contributed by atoms with Gasteiger partial charge in [0, 0.05) is 38.3 Å². The summed E-state index contributed by atoms with van der Waals surface area (Å²) < 4.78 is 18.9. The van der Waals surface area contributed by atoms with E-state index in [0.29, 0.717) is 30.0 Å². The van der Waals surface area contributed by atoms with Crippen molar-refractivity contribution in [3.8, 4) is 5.75 Å². The molecule has 1 saturated heterocycles. The summed E-state index contributed by atoms with van der Waals surface area (Å²) in [5.74, 6) is 1.14. The second kappa shape index (κ2) is 8.08. The van der Waals surface area contributed by atoms with Gasteiger partial charge in [0.25, 0.3) is 5.56 Å². The number of fused-ring (bicyclic) bond motifs is 1. The molecule has 146 valence electrons. The molecule has 3 aromatic rings. The lowest BCUT2D eigenvalue weighted by atomic mass is 10.1. The highest BCUT2D eigenvalue weighted by Crippen LogP contribution is 2.22. The van der Waals surface area contributed by atoms with Crippen LogP contribution in [-0.2, 0) is 13.1 Å². The van der Waals surface area contributed by atoms with E-state index >= 15 is 0 Å². The van der Waals surface area contributed by atoms with Crippen LogP contribution in [-0.4, -0.2) is 53.1 Å². The predicted octanol–water partition coefficient (Wildman–Crippen LogP) is 2.39. The number of rotatable bonds is 5. The van der Waals surface area contributed by atoms with Crippen molar-refractivity contribution in [2.75, 3.05) is 33.3 Å². The number of nitrogens with zero attached hydrogens (tertiary/aromatic N) is 3. The van der Waals surface area contributed by atoms with Crippen molar-refractivity contribution in [3.05, 3.63) is 70.0 Å². The molecular formula is C21H23FN4O2. The Morgan fingerprint density at radius 2 is 1.79 bits per heavy atom. The van der Waals surface area contributed by atoms with E-state index in [9.17, 15) is 9.18 Å². The summed E-state index contributed by atoms with van der Waals surface area (Å²) >= 11 is 0. The van der Waals surface area contributed by atoms with E-state index in [1.54, 1.807) is 19.2 Å². The molecule has 6 nitrogen and oxygen atoms in total. The maximum absolute atomic E-state index is 13.6. The fraction of sp³-hybridized carbons (Fsp3) is 0.333. The van der Waals surface area contributed by atoms with Crippen LogP contribution >= 0.6 is 0 Å². The number of aromatic nitrogens is 2. The molecule has 1 aromatic heterocycles. The quantitative estimate of drug-likeness (QED) is 0.734. The molecule has 2 aromatic carbocycles. The summed E-state index contributed by atoms with van der Waals surface area (Å²) in [5.41, 5.74) is 1.48. The van der Waals surface area contributed by atoms with Crippen LogP contribution in [0.3, 0.4) is 0 Å². The summed E-state index contributed by atoms with van der Waals surface area (Å²) in [5, 5.41) is 0.611. The molecule has 4 rings (SSSR count). The maximum atomic E-state index is 13.6. The number of para-hydroxylation sites is 1. The number of benzene rings is 2. The standard InChI is InChI=1S/C21H23FN4O2/c1-28-19-7-6-16(22)12-15(19)13-25-8-10-26(11-9-25)14-20-23-18-5-3-2-4-17(18)21(27)24-20/h2-7,12H,8-11,13-14H2,1H3,(H,23,24,27). The molecule has 0 bridgehead atoms. The van der Waals surface area contributed by atoms with Gasteiger partial charge in [-0.15, -0.1) is 0 Å². The van der Waals surface area contributed by atoms with Gasteiger partial charge in [0.1, 0.15) is 17.4 Å². The molecule has 0 spiro atoms.